The normalized spacial score (nSPS) is 15.9. The van der Waals surface area contributed by atoms with E-state index < -0.39 is 23.2 Å². The fraction of sp³-hybridized carbons (Fsp3) is 0.302. The summed E-state index contributed by atoms with van der Waals surface area (Å²) in [6, 6.07) is 23.5. The van der Waals surface area contributed by atoms with E-state index in [9.17, 15) is 23.2 Å². The number of para-hydroxylation sites is 2. The first-order valence-corrected chi connectivity index (χ1v) is 18.4. The van der Waals surface area contributed by atoms with Crippen molar-refractivity contribution in [3.8, 4) is 11.3 Å². The smallest absolute Gasteiger partial charge is 0.291 e. The third-order valence-electron chi connectivity index (χ3n) is 10.8. The van der Waals surface area contributed by atoms with Crippen molar-refractivity contribution in [3.05, 3.63) is 130 Å². The molecular weight excluding hydrogens is 690 g/mol. The number of benzene rings is 3. The molecule has 0 unspecified atom stereocenters. The van der Waals surface area contributed by atoms with Crippen molar-refractivity contribution >= 4 is 34.8 Å². The summed E-state index contributed by atoms with van der Waals surface area (Å²) in [6.07, 6.45) is 4.24. The zero-order valence-electron chi connectivity index (χ0n) is 30.0. The SMILES string of the molecule is Cc1ccc(C(=O)CCCc2ccc(C(=O)N3CCc4cc(C(=O)Nc5c(F)cccc5F)oc4-c4ccccc43)cc2)c(N2CC3(CCOCC3)C2)n1. The van der Waals surface area contributed by atoms with E-state index in [1.165, 1.54) is 6.07 Å². The molecule has 2 aromatic heterocycles. The Morgan fingerprint density at radius 1 is 0.907 bits per heavy atom. The lowest BCUT2D eigenvalue weighted by molar-refractivity contribution is -0.000524. The van der Waals surface area contributed by atoms with Crippen LogP contribution in [0.25, 0.3) is 11.3 Å². The molecule has 5 heterocycles. The number of amides is 2. The lowest BCUT2D eigenvalue weighted by Crippen LogP contribution is -2.59. The molecule has 0 aliphatic carbocycles. The minimum atomic E-state index is -0.894. The highest BCUT2D eigenvalue weighted by Crippen LogP contribution is 2.43. The van der Waals surface area contributed by atoms with Crippen LogP contribution in [-0.4, -0.2) is 55.4 Å². The number of Topliss-reactive ketones (excluding diaryl/α,β-unsaturated/α-hetero) is 1. The van der Waals surface area contributed by atoms with Crippen molar-refractivity contribution in [1.82, 2.24) is 4.98 Å². The molecule has 0 saturated carbocycles. The van der Waals surface area contributed by atoms with E-state index in [1.54, 1.807) is 11.0 Å². The Balaban J connectivity index is 0.908. The van der Waals surface area contributed by atoms with Gasteiger partial charge in [-0.2, -0.15) is 0 Å². The summed E-state index contributed by atoms with van der Waals surface area (Å²) in [7, 11) is 0. The average molecular weight is 731 g/mol. The van der Waals surface area contributed by atoms with E-state index in [2.05, 4.69) is 10.2 Å². The number of ketones is 1. The Morgan fingerprint density at radius 2 is 1.65 bits per heavy atom. The van der Waals surface area contributed by atoms with Gasteiger partial charge in [-0.1, -0.05) is 30.3 Å². The third-order valence-corrected chi connectivity index (χ3v) is 10.8. The van der Waals surface area contributed by atoms with Gasteiger partial charge in [0.1, 0.15) is 28.9 Å². The fourth-order valence-corrected chi connectivity index (χ4v) is 7.80. The van der Waals surface area contributed by atoms with E-state index in [4.69, 9.17) is 14.1 Å². The van der Waals surface area contributed by atoms with Crippen LogP contribution in [0.1, 0.15) is 73.8 Å². The Labute approximate surface area is 311 Å². The van der Waals surface area contributed by atoms with E-state index in [0.717, 1.165) is 68.4 Å². The largest absolute Gasteiger partial charge is 0.451 e. The number of halogens is 2. The second-order valence-electron chi connectivity index (χ2n) is 14.5. The van der Waals surface area contributed by atoms with Gasteiger partial charge in [0.25, 0.3) is 11.8 Å². The molecule has 0 atom stereocenters. The predicted octanol–water partition coefficient (Wildman–Crippen LogP) is 8.21. The number of aromatic nitrogens is 1. The van der Waals surface area contributed by atoms with Crippen molar-refractivity contribution in [1.29, 1.82) is 0 Å². The van der Waals surface area contributed by atoms with Crippen molar-refractivity contribution in [2.45, 2.75) is 45.4 Å². The highest BCUT2D eigenvalue weighted by atomic mass is 19.1. The number of nitrogens with one attached hydrogen (secondary N) is 1. The van der Waals surface area contributed by atoms with Crippen LogP contribution in [0.3, 0.4) is 0 Å². The number of carbonyl (C=O) groups excluding carboxylic acids is 3. The third kappa shape index (κ3) is 6.91. The predicted molar refractivity (Wildman–Crippen MR) is 201 cm³/mol. The zero-order valence-corrected chi connectivity index (χ0v) is 30.0. The van der Waals surface area contributed by atoms with Gasteiger partial charge in [-0.05, 0) is 99.2 Å². The number of furan rings is 1. The Morgan fingerprint density at radius 3 is 2.41 bits per heavy atom. The van der Waals surface area contributed by atoms with Gasteiger partial charge in [0.2, 0.25) is 0 Å². The summed E-state index contributed by atoms with van der Waals surface area (Å²) < 4.78 is 39.9. The number of hydrogen-bond acceptors (Lipinski definition) is 7. The minimum Gasteiger partial charge on any atom is -0.451 e. The second-order valence-corrected chi connectivity index (χ2v) is 14.5. The monoisotopic (exact) mass is 730 g/mol. The Kier molecular flexibility index (Phi) is 9.58. The maximum atomic E-state index is 14.2. The van der Waals surface area contributed by atoms with E-state index in [-0.39, 0.29) is 22.9 Å². The lowest BCUT2D eigenvalue weighted by Gasteiger charge is -2.53. The number of nitrogens with zero attached hydrogens (tertiary/aromatic N) is 3. The lowest BCUT2D eigenvalue weighted by atomic mass is 9.73. The summed E-state index contributed by atoms with van der Waals surface area (Å²) in [5.41, 5.74) is 4.79. The molecular formula is C43H40F2N4O5. The van der Waals surface area contributed by atoms with Crippen LogP contribution in [0.5, 0.6) is 0 Å². The van der Waals surface area contributed by atoms with Crippen LogP contribution >= 0.6 is 0 Å². The van der Waals surface area contributed by atoms with Crippen LogP contribution in [0, 0.1) is 24.0 Å². The van der Waals surface area contributed by atoms with Crippen LogP contribution in [-0.2, 0) is 17.6 Å². The average Bonchev–Trinajstić information content (AvgIpc) is 3.53. The number of rotatable bonds is 9. The van der Waals surface area contributed by atoms with Gasteiger partial charge < -0.3 is 24.3 Å². The Hall–Kier alpha value is -5.68. The number of hydrogen-bond donors (Lipinski definition) is 1. The summed E-state index contributed by atoms with van der Waals surface area (Å²) >= 11 is 0. The van der Waals surface area contributed by atoms with Crippen LogP contribution in [0.2, 0.25) is 0 Å². The summed E-state index contributed by atoms with van der Waals surface area (Å²) in [4.78, 5) is 49.1. The van der Waals surface area contributed by atoms with Gasteiger partial charge in [0, 0.05) is 67.1 Å². The number of ether oxygens (including phenoxy) is 1. The minimum absolute atomic E-state index is 0.0862. The van der Waals surface area contributed by atoms with E-state index >= 15 is 0 Å². The molecule has 3 aromatic carbocycles. The highest BCUT2D eigenvalue weighted by molar-refractivity contribution is 6.09. The molecule has 2 amide bonds. The summed E-state index contributed by atoms with van der Waals surface area (Å²) in [5, 5.41) is 2.27. The van der Waals surface area contributed by atoms with Gasteiger partial charge in [0.05, 0.1) is 11.3 Å². The Bertz CT molecular complexity index is 2220. The molecule has 9 nitrogen and oxygen atoms in total. The maximum Gasteiger partial charge on any atom is 0.291 e. The van der Waals surface area contributed by atoms with Crippen LogP contribution < -0.4 is 15.1 Å². The maximum absolute atomic E-state index is 14.2. The molecule has 0 radical (unpaired) electrons. The number of fused-ring (bicyclic) bond motifs is 3. The van der Waals surface area contributed by atoms with Crippen molar-refractivity contribution in [2.24, 2.45) is 5.41 Å². The van der Waals surface area contributed by atoms with Gasteiger partial charge in [-0.25, -0.2) is 13.8 Å². The first kappa shape index (κ1) is 35.4. The van der Waals surface area contributed by atoms with Crippen molar-refractivity contribution in [2.75, 3.05) is 48.0 Å². The van der Waals surface area contributed by atoms with Crippen LogP contribution in [0.4, 0.5) is 26.0 Å². The molecule has 0 bridgehead atoms. The molecule has 3 aliphatic heterocycles. The molecule has 11 heteroatoms. The molecule has 2 fully saturated rings. The summed E-state index contributed by atoms with van der Waals surface area (Å²) in [6.45, 7) is 5.68. The molecule has 54 heavy (non-hydrogen) atoms. The standard InChI is InChI=1S/C43H40F2N4O5/c1-27-12-17-32(40(46-27)48-25-43(26-48)19-22-53-23-20-43)36(50)11-4-6-28-13-15-29(16-14-28)42(52)49-21-18-30-24-37(54-39(30)31-7-2-3-10-35(31)49)41(51)47-38-33(44)8-5-9-34(38)45/h2-3,5,7-10,12-17,24H,4,6,11,18-23,25-26H2,1H3,(H,47,51). The number of aryl methyl sites for hydroxylation is 2. The molecule has 1 spiro atoms. The van der Waals surface area contributed by atoms with E-state index in [1.807, 2.05) is 67.6 Å². The van der Waals surface area contributed by atoms with Gasteiger partial charge in [-0.15, -0.1) is 0 Å². The molecule has 3 aliphatic rings. The van der Waals surface area contributed by atoms with Crippen LogP contribution in [0.15, 0.2) is 89.3 Å². The molecule has 1 N–H and O–H groups in total. The molecule has 5 aromatic rings. The first-order chi connectivity index (χ1) is 26.2. The second kappa shape index (κ2) is 14.6. The zero-order chi connectivity index (χ0) is 37.4. The molecule has 8 rings (SSSR count). The van der Waals surface area contributed by atoms with Gasteiger partial charge in [0.15, 0.2) is 11.5 Å². The first-order valence-electron chi connectivity index (χ1n) is 18.4. The number of carbonyl (C=O) groups is 3. The summed E-state index contributed by atoms with van der Waals surface area (Å²) in [5.74, 6) is -1.55. The number of anilines is 3. The van der Waals surface area contributed by atoms with E-state index in [0.29, 0.717) is 65.9 Å². The molecule has 2 saturated heterocycles. The highest BCUT2D eigenvalue weighted by Gasteiger charge is 2.45. The van der Waals surface area contributed by atoms with Gasteiger partial charge in [-0.3, -0.25) is 14.4 Å². The topological polar surface area (TPSA) is 105 Å². The van der Waals surface area contributed by atoms with Crippen molar-refractivity contribution < 1.29 is 32.3 Å². The fourth-order valence-electron chi connectivity index (χ4n) is 7.80. The number of pyridine rings is 1. The molecule has 276 valence electrons. The van der Waals surface area contributed by atoms with Crippen molar-refractivity contribution in [3.63, 3.8) is 0 Å². The van der Waals surface area contributed by atoms with Gasteiger partial charge >= 0.3 is 0 Å². The quantitative estimate of drug-likeness (QED) is 0.153.